The van der Waals surface area contributed by atoms with E-state index >= 15 is 0 Å². The van der Waals surface area contributed by atoms with E-state index in [9.17, 15) is 4.79 Å². The zero-order chi connectivity index (χ0) is 21.4. The molecule has 4 fully saturated rings. The monoisotopic (exact) mass is 414 g/mol. The maximum Gasteiger partial charge on any atom is 0.258 e. The first kappa shape index (κ1) is 21.5. The summed E-state index contributed by atoms with van der Waals surface area (Å²) in [4.78, 5) is 12.1. The van der Waals surface area contributed by atoms with Crippen molar-refractivity contribution in [2.45, 2.75) is 83.8 Å². The molecule has 5 heteroatoms. The third kappa shape index (κ3) is 5.11. The molecule has 0 atom stereocenters. The highest BCUT2D eigenvalue weighted by Crippen LogP contribution is 2.55. The Morgan fingerprint density at radius 2 is 1.67 bits per heavy atom. The Balaban J connectivity index is 1.37. The summed E-state index contributed by atoms with van der Waals surface area (Å²) in [5.74, 6) is 4.04. The Kier molecular flexibility index (Phi) is 6.02. The van der Waals surface area contributed by atoms with Crippen molar-refractivity contribution in [3.8, 4) is 11.5 Å². The molecule has 0 heterocycles. The molecule has 0 spiro atoms. The zero-order valence-electron chi connectivity index (χ0n) is 19.1. The molecular weight excluding hydrogens is 376 g/mol. The maximum atomic E-state index is 12.1. The standard InChI is InChI=1S/C25H38N2O3/c1-5-29-22-11-17(6-7-21(22)30-16-23(28)27-24(2,3)4)15-26-25-12-18-8-19(13-25)10-20(9-18)14-25/h6-7,11,18-20,26H,5,8-10,12-16H2,1-4H3,(H,27,28). The van der Waals surface area contributed by atoms with Gasteiger partial charge in [-0.3, -0.25) is 4.79 Å². The Bertz CT molecular complexity index is 733. The third-order valence-corrected chi connectivity index (χ3v) is 6.89. The van der Waals surface area contributed by atoms with E-state index in [-0.39, 0.29) is 18.1 Å². The normalized spacial score (nSPS) is 29.7. The second-order valence-corrected chi connectivity index (χ2v) is 10.9. The lowest BCUT2D eigenvalue weighted by Crippen LogP contribution is -2.58. The number of ether oxygens (including phenoxy) is 2. The minimum absolute atomic E-state index is 0.0117. The van der Waals surface area contributed by atoms with E-state index in [2.05, 4.69) is 22.8 Å². The fourth-order valence-corrected chi connectivity index (χ4v) is 6.26. The van der Waals surface area contributed by atoms with Crippen molar-refractivity contribution in [1.29, 1.82) is 0 Å². The summed E-state index contributed by atoms with van der Waals surface area (Å²) in [5.41, 5.74) is 1.29. The summed E-state index contributed by atoms with van der Waals surface area (Å²) < 4.78 is 11.6. The minimum atomic E-state index is -0.268. The van der Waals surface area contributed by atoms with Crippen LogP contribution in [0.25, 0.3) is 0 Å². The van der Waals surface area contributed by atoms with Crippen LogP contribution in [0.3, 0.4) is 0 Å². The average molecular weight is 415 g/mol. The molecule has 30 heavy (non-hydrogen) atoms. The number of carbonyl (C=O) groups is 1. The van der Waals surface area contributed by atoms with Crippen molar-refractivity contribution >= 4 is 5.91 Å². The predicted molar refractivity (Wildman–Crippen MR) is 119 cm³/mol. The molecule has 0 aliphatic heterocycles. The smallest absolute Gasteiger partial charge is 0.258 e. The van der Waals surface area contributed by atoms with Crippen LogP contribution in [0.4, 0.5) is 0 Å². The lowest BCUT2D eigenvalue weighted by Gasteiger charge is -2.57. The van der Waals surface area contributed by atoms with Crippen LogP contribution in [0.5, 0.6) is 11.5 Å². The lowest BCUT2D eigenvalue weighted by atomic mass is 9.53. The van der Waals surface area contributed by atoms with E-state index in [0.29, 0.717) is 23.6 Å². The summed E-state index contributed by atoms with van der Waals surface area (Å²) in [6.07, 6.45) is 8.43. The maximum absolute atomic E-state index is 12.1. The van der Waals surface area contributed by atoms with Gasteiger partial charge in [-0.05, 0) is 102 Å². The van der Waals surface area contributed by atoms with E-state index in [4.69, 9.17) is 9.47 Å². The Morgan fingerprint density at radius 3 is 2.23 bits per heavy atom. The molecule has 4 saturated carbocycles. The number of hydrogen-bond donors (Lipinski definition) is 2. The Hall–Kier alpha value is -1.75. The van der Waals surface area contributed by atoms with Gasteiger partial charge in [0.25, 0.3) is 5.91 Å². The summed E-state index contributed by atoms with van der Waals surface area (Å²) in [5, 5.41) is 6.87. The molecule has 1 aromatic rings. The van der Waals surface area contributed by atoms with Gasteiger partial charge in [0.15, 0.2) is 18.1 Å². The van der Waals surface area contributed by atoms with Gasteiger partial charge in [0.1, 0.15) is 0 Å². The first-order chi connectivity index (χ1) is 14.2. The van der Waals surface area contributed by atoms with Crippen molar-refractivity contribution in [1.82, 2.24) is 10.6 Å². The van der Waals surface area contributed by atoms with E-state index in [0.717, 1.165) is 24.3 Å². The molecule has 5 nitrogen and oxygen atoms in total. The average Bonchev–Trinajstić information content (AvgIpc) is 2.63. The fraction of sp³-hybridized carbons (Fsp3) is 0.720. The first-order valence-corrected chi connectivity index (χ1v) is 11.7. The zero-order valence-corrected chi connectivity index (χ0v) is 19.1. The van der Waals surface area contributed by atoms with Gasteiger partial charge in [0.05, 0.1) is 6.61 Å². The van der Waals surface area contributed by atoms with E-state index < -0.39 is 0 Å². The van der Waals surface area contributed by atoms with Crippen molar-refractivity contribution in [2.24, 2.45) is 17.8 Å². The second-order valence-electron chi connectivity index (χ2n) is 10.9. The lowest BCUT2D eigenvalue weighted by molar-refractivity contribution is -0.124. The molecule has 4 aliphatic rings. The van der Waals surface area contributed by atoms with Crippen LogP contribution >= 0.6 is 0 Å². The van der Waals surface area contributed by atoms with Gasteiger partial charge in [-0.2, -0.15) is 0 Å². The number of amides is 1. The predicted octanol–water partition coefficient (Wildman–Crippen LogP) is 4.44. The van der Waals surface area contributed by atoms with Gasteiger partial charge < -0.3 is 20.1 Å². The fourth-order valence-electron chi connectivity index (χ4n) is 6.26. The Labute approximate surface area is 181 Å². The summed E-state index contributed by atoms with van der Waals surface area (Å²) >= 11 is 0. The van der Waals surface area contributed by atoms with E-state index in [1.54, 1.807) is 0 Å². The second kappa shape index (κ2) is 8.41. The molecule has 0 radical (unpaired) electrons. The molecule has 1 aromatic carbocycles. The largest absolute Gasteiger partial charge is 0.490 e. The van der Waals surface area contributed by atoms with Gasteiger partial charge in [-0.1, -0.05) is 6.07 Å². The van der Waals surface area contributed by atoms with Crippen LogP contribution in [0.15, 0.2) is 18.2 Å². The van der Waals surface area contributed by atoms with Crippen molar-refractivity contribution in [3.63, 3.8) is 0 Å². The summed E-state index contributed by atoms with van der Waals surface area (Å²) in [6, 6.07) is 6.09. The third-order valence-electron chi connectivity index (χ3n) is 6.89. The first-order valence-electron chi connectivity index (χ1n) is 11.7. The molecule has 4 bridgehead atoms. The number of hydrogen-bond acceptors (Lipinski definition) is 4. The topological polar surface area (TPSA) is 59.6 Å². The number of carbonyl (C=O) groups excluding carboxylic acids is 1. The SMILES string of the molecule is CCOc1cc(CNC23CC4CC(CC(C4)C2)C3)ccc1OCC(=O)NC(C)(C)C. The molecule has 2 N–H and O–H groups in total. The minimum Gasteiger partial charge on any atom is -0.490 e. The van der Waals surface area contributed by atoms with Crippen LogP contribution in [0.2, 0.25) is 0 Å². The number of benzene rings is 1. The highest BCUT2D eigenvalue weighted by molar-refractivity contribution is 5.78. The summed E-state index contributed by atoms with van der Waals surface area (Å²) in [6.45, 7) is 9.26. The molecule has 5 rings (SSSR count). The molecular formula is C25H38N2O3. The molecule has 4 aliphatic carbocycles. The van der Waals surface area contributed by atoms with Crippen molar-refractivity contribution in [3.05, 3.63) is 23.8 Å². The summed E-state index contributed by atoms with van der Waals surface area (Å²) in [7, 11) is 0. The van der Waals surface area contributed by atoms with Gasteiger partial charge in [-0.15, -0.1) is 0 Å². The number of rotatable bonds is 8. The van der Waals surface area contributed by atoms with Crippen LogP contribution in [0.1, 0.15) is 71.8 Å². The van der Waals surface area contributed by atoms with Crippen LogP contribution in [-0.2, 0) is 11.3 Å². The number of nitrogens with one attached hydrogen (secondary N) is 2. The van der Waals surface area contributed by atoms with Gasteiger partial charge >= 0.3 is 0 Å². The van der Waals surface area contributed by atoms with E-state index in [1.807, 2.05) is 33.8 Å². The van der Waals surface area contributed by atoms with Gasteiger partial charge in [0.2, 0.25) is 0 Å². The molecule has 0 unspecified atom stereocenters. The van der Waals surface area contributed by atoms with Crippen LogP contribution in [0, 0.1) is 17.8 Å². The molecule has 0 saturated heterocycles. The molecule has 1 amide bonds. The van der Waals surface area contributed by atoms with Crippen LogP contribution in [-0.4, -0.2) is 30.2 Å². The highest BCUT2D eigenvalue weighted by Gasteiger charge is 2.50. The molecule has 0 aromatic heterocycles. The molecule has 166 valence electrons. The van der Waals surface area contributed by atoms with Crippen molar-refractivity contribution in [2.75, 3.05) is 13.2 Å². The van der Waals surface area contributed by atoms with E-state index in [1.165, 1.54) is 44.1 Å². The van der Waals surface area contributed by atoms with Gasteiger partial charge in [-0.25, -0.2) is 0 Å². The Morgan fingerprint density at radius 1 is 1.03 bits per heavy atom. The highest BCUT2D eigenvalue weighted by atomic mass is 16.5. The van der Waals surface area contributed by atoms with Crippen LogP contribution < -0.4 is 20.1 Å². The quantitative estimate of drug-likeness (QED) is 0.660. The van der Waals surface area contributed by atoms with Gasteiger partial charge in [0, 0.05) is 17.6 Å². The van der Waals surface area contributed by atoms with Crippen molar-refractivity contribution < 1.29 is 14.3 Å².